The van der Waals surface area contributed by atoms with Gasteiger partial charge in [-0.05, 0) is 31.0 Å². The van der Waals surface area contributed by atoms with Crippen LogP contribution in [0.1, 0.15) is 28.9 Å². The van der Waals surface area contributed by atoms with Crippen LogP contribution in [0.4, 0.5) is 0 Å². The van der Waals surface area contributed by atoms with Crippen molar-refractivity contribution < 1.29 is 9.21 Å². The third kappa shape index (κ3) is 2.21. The summed E-state index contributed by atoms with van der Waals surface area (Å²) in [5.74, 6) is 0.187. The summed E-state index contributed by atoms with van der Waals surface area (Å²) < 4.78 is 6.96. The molecule has 0 atom stereocenters. The van der Waals surface area contributed by atoms with Gasteiger partial charge in [-0.15, -0.1) is 10.2 Å². The number of fused-ring (bicyclic) bond motifs is 4. The molecule has 1 amide bonds. The Kier molecular flexibility index (Phi) is 3.09. The Morgan fingerprint density at radius 3 is 2.69 bits per heavy atom. The third-order valence-electron chi connectivity index (χ3n) is 5.77. The Hall–Kier alpha value is -3.88. The number of hydrogen-bond donors (Lipinski definition) is 0. The van der Waals surface area contributed by atoms with Crippen LogP contribution in [0.3, 0.4) is 0 Å². The van der Waals surface area contributed by atoms with Crippen molar-refractivity contribution in [2.24, 2.45) is 0 Å². The summed E-state index contributed by atoms with van der Waals surface area (Å²) in [4.78, 5) is 15.1. The lowest BCUT2D eigenvalue weighted by atomic mass is 9.98. The minimum atomic E-state index is -0.293. The van der Waals surface area contributed by atoms with E-state index < -0.39 is 0 Å². The van der Waals surface area contributed by atoms with Gasteiger partial charge in [-0.2, -0.15) is 15.3 Å². The van der Waals surface area contributed by atoms with E-state index in [1.807, 2.05) is 36.2 Å². The molecule has 0 bridgehead atoms. The number of rotatable bonds is 2. The SMILES string of the molecule is CN1C(=O)c2cc(-c3nnco3)nn2-c2cc(-c3cccnn3)ccc2C12CC2. The highest BCUT2D eigenvalue weighted by Gasteiger charge is 2.53. The molecule has 29 heavy (non-hydrogen) atoms. The number of benzene rings is 1. The fraction of sp³-hybridized carbons (Fsp3) is 0.200. The van der Waals surface area contributed by atoms with E-state index in [0.29, 0.717) is 11.4 Å². The van der Waals surface area contributed by atoms with Crippen molar-refractivity contribution >= 4 is 5.91 Å². The summed E-state index contributed by atoms with van der Waals surface area (Å²) in [5, 5.41) is 20.5. The molecule has 142 valence electrons. The van der Waals surface area contributed by atoms with Crippen molar-refractivity contribution in [3.63, 3.8) is 0 Å². The summed E-state index contributed by atoms with van der Waals surface area (Å²) in [6.07, 6.45) is 4.73. The van der Waals surface area contributed by atoms with Crippen molar-refractivity contribution in [1.29, 1.82) is 0 Å². The van der Waals surface area contributed by atoms with Gasteiger partial charge in [-0.1, -0.05) is 12.1 Å². The molecule has 1 aliphatic carbocycles. The number of carbonyl (C=O) groups excluding carboxylic acids is 1. The van der Waals surface area contributed by atoms with Crippen molar-refractivity contribution in [1.82, 2.24) is 35.1 Å². The van der Waals surface area contributed by atoms with E-state index in [2.05, 4.69) is 31.6 Å². The second kappa shape index (κ2) is 5.57. The Morgan fingerprint density at radius 2 is 1.97 bits per heavy atom. The van der Waals surface area contributed by atoms with Crippen LogP contribution < -0.4 is 0 Å². The summed E-state index contributed by atoms with van der Waals surface area (Å²) in [7, 11) is 1.85. The molecule has 9 heteroatoms. The normalized spacial score (nSPS) is 16.4. The molecule has 6 rings (SSSR count). The third-order valence-corrected chi connectivity index (χ3v) is 5.77. The summed E-state index contributed by atoms with van der Waals surface area (Å²) >= 11 is 0. The first kappa shape index (κ1) is 16.1. The van der Waals surface area contributed by atoms with Gasteiger partial charge in [-0.25, -0.2) is 4.68 Å². The monoisotopic (exact) mass is 385 g/mol. The van der Waals surface area contributed by atoms with E-state index in [1.54, 1.807) is 16.9 Å². The van der Waals surface area contributed by atoms with E-state index in [9.17, 15) is 4.79 Å². The predicted molar refractivity (Wildman–Crippen MR) is 101 cm³/mol. The molecule has 0 saturated heterocycles. The van der Waals surface area contributed by atoms with Crippen molar-refractivity contribution in [3.05, 3.63) is 60.2 Å². The van der Waals surface area contributed by atoms with Crippen LogP contribution in [0.25, 0.3) is 28.5 Å². The number of nitrogens with zero attached hydrogens (tertiary/aromatic N) is 7. The largest absolute Gasteiger partial charge is 0.422 e. The van der Waals surface area contributed by atoms with Gasteiger partial charge in [0.05, 0.1) is 16.9 Å². The molecule has 1 saturated carbocycles. The van der Waals surface area contributed by atoms with Crippen LogP contribution in [0.5, 0.6) is 0 Å². The van der Waals surface area contributed by atoms with Crippen molar-refractivity contribution in [2.45, 2.75) is 18.4 Å². The lowest BCUT2D eigenvalue weighted by molar-refractivity contribution is 0.0704. The first-order chi connectivity index (χ1) is 14.2. The second-order valence-corrected chi connectivity index (χ2v) is 7.31. The Balaban J connectivity index is 1.61. The molecule has 1 aliphatic heterocycles. The van der Waals surface area contributed by atoms with E-state index in [0.717, 1.165) is 35.3 Å². The van der Waals surface area contributed by atoms with E-state index in [-0.39, 0.29) is 17.3 Å². The highest BCUT2D eigenvalue weighted by Crippen LogP contribution is 2.54. The molecule has 0 N–H and O–H groups in total. The van der Waals surface area contributed by atoms with Gasteiger partial charge in [0.25, 0.3) is 11.8 Å². The molecule has 4 heterocycles. The molecular formula is C20H15N7O2. The molecule has 3 aromatic heterocycles. The average molecular weight is 385 g/mol. The second-order valence-electron chi connectivity index (χ2n) is 7.31. The van der Waals surface area contributed by atoms with Crippen LogP contribution >= 0.6 is 0 Å². The lowest BCUT2D eigenvalue weighted by Gasteiger charge is -2.27. The van der Waals surface area contributed by atoms with Crippen LogP contribution in [0.15, 0.2) is 53.4 Å². The van der Waals surface area contributed by atoms with Crippen molar-refractivity contribution in [3.8, 4) is 28.5 Å². The minimum Gasteiger partial charge on any atom is -0.422 e. The zero-order valence-corrected chi connectivity index (χ0v) is 15.5. The van der Waals surface area contributed by atoms with Crippen molar-refractivity contribution in [2.75, 3.05) is 7.05 Å². The minimum absolute atomic E-state index is 0.0852. The molecule has 1 fully saturated rings. The maximum absolute atomic E-state index is 13.3. The van der Waals surface area contributed by atoms with E-state index >= 15 is 0 Å². The lowest BCUT2D eigenvalue weighted by Crippen LogP contribution is -2.36. The zero-order chi connectivity index (χ0) is 19.6. The van der Waals surface area contributed by atoms with Gasteiger partial charge in [0.15, 0.2) is 5.69 Å². The average Bonchev–Trinajstić information content (AvgIpc) is 3.19. The standard InChI is InChI=1S/C20H15N7O2/c1-26-19(28)17-10-15(18-24-22-11-29-18)25-27(17)16-9-12(14-3-2-8-21-23-14)4-5-13(16)20(26)6-7-20/h2-5,8-11H,6-7H2,1H3. The molecule has 1 aromatic carbocycles. The van der Waals surface area contributed by atoms with Gasteiger partial charge in [0.2, 0.25) is 6.39 Å². The highest BCUT2D eigenvalue weighted by molar-refractivity contribution is 5.96. The Bertz CT molecular complexity index is 1240. The van der Waals surface area contributed by atoms with E-state index in [4.69, 9.17) is 4.42 Å². The van der Waals surface area contributed by atoms with Crippen LogP contribution in [-0.4, -0.2) is 48.0 Å². The van der Waals surface area contributed by atoms with Gasteiger partial charge in [0, 0.05) is 30.4 Å². The highest BCUT2D eigenvalue weighted by atomic mass is 16.4. The van der Waals surface area contributed by atoms with Crippen LogP contribution in [0.2, 0.25) is 0 Å². The summed E-state index contributed by atoms with van der Waals surface area (Å²) in [6, 6.07) is 11.6. The number of amides is 1. The summed E-state index contributed by atoms with van der Waals surface area (Å²) in [5.41, 5.74) is 4.21. The maximum atomic E-state index is 13.3. The maximum Gasteiger partial charge on any atom is 0.273 e. The predicted octanol–water partition coefficient (Wildman–Crippen LogP) is 2.45. The number of hydrogen-bond acceptors (Lipinski definition) is 7. The zero-order valence-electron chi connectivity index (χ0n) is 15.5. The number of carbonyl (C=O) groups is 1. The fourth-order valence-electron chi connectivity index (χ4n) is 4.09. The van der Waals surface area contributed by atoms with Gasteiger partial charge in [-0.3, -0.25) is 4.79 Å². The number of aromatic nitrogens is 6. The summed E-state index contributed by atoms with van der Waals surface area (Å²) in [6.45, 7) is 0. The molecular weight excluding hydrogens is 370 g/mol. The Labute approximate surface area is 165 Å². The van der Waals surface area contributed by atoms with Gasteiger partial charge in [0.1, 0.15) is 5.69 Å². The quantitative estimate of drug-likeness (QED) is 0.522. The van der Waals surface area contributed by atoms with Crippen LogP contribution in [0, 0.1) is 0 Å². The fourth-order valence-corrected chi connectivity index (χ4v) is 4.09. The molecule has 2 aliphatic rings. The smallest absolute Gasteiger partial charge is 0.273 e. The van der Waals surface area contributed by atoms with Gasteiger partial charge < -0.3 is 9.32 Å². The van der Waals surface area contributed by atoms with Gasteiger partial charge >= 0.3 is 0 Å². The molecule has 1 spiro atoms. The molecule has 0 radical (unpaired) electrons. The van der Waals surface area contributed by atoms with E-state index in [1.165, 1.54) is 6.39 Å². The first-order valence-electron chi connectivity index (χ1n) is 9.25. The van der Waals surface area contributed by atoms with Crippen LogP contribution in [-0.2, 0) is 5.54 Å². The molecule has 9 nitrogen and oxygen atoms in total. The topological polar surface area (TPSA) is 103 Å². The molecule has 0 unspecified atom stereocenters. The Morgan fingerprint density at radius 1 is 1.07 bits per heavy atom. The molecule has 4 aromatic rings. The first-order valence-corrected chi connectivity index (χ1v) is 9.25.